The zero-order chi connectivity index (χ0) is 11.0. The minimum Gasteiger partial charge on any atom is -0.384 e. The molecule has 16 heavy (non-hydrogen) atoms. The molecular weight excluding hydrogens is 196 g/mol. The fraction of sp³-hybridized carbons (Fsp3) is 0.214. The van der Waals surface area contributed by atoms with E-state index in [0.29, 0.717) is 0 Å². The summed E-state index contributed by atoms with van der Waals surface area (Å²) in [6.45, 7) is 3.08. The molecule has 1 aliphatic heterocycles. The van der Waals surface area contributed by atoms with Crippen molar-refractivity contribution in [2.24, 2.45) is 0 Å². The first-order valence-corrected chi connectivity index (χ1v) is 5.63. The zero-order valence-corrected chi connectivity index (χ0v) is 9.33. The number of aryl methyl sites for hydroxylation is 1. The SMILES string of the molecule is Cc1cc(-c2cccc3c2CCN3)ccn1. The first-order chi connectivity index (χ1) is 7.84. The van der Waals surface area contributed by atoms with Crippen LogP contribution >= 0.6 is 0 Å². The Labute approximate surface area is 95.3 Å². The smallest absolute Gasteiger partial charge is 0.0379 e. The number of benzene rings is 1. The van der Waals surface area contributed by atoms with Crippen molar-refractivity contribution in [1.29, 1.82) is 0 Å². The molecule has 0 bridgehead atoms. The number of pyridine rings is 1. The summed E-state index contributed by atoms with van der Waals surface area (Å²) in [5.74, 6) is 0. The Morgan fingerprint density at radius 2 is 2.19 bits per heavy atom. The van der Waals surface area contributed by atoms with Crippen LogP contribution in [0.5, 0.6) is 0 Å². The van der Waals surface area contributed by atoms with Crippen LogP contribution in [0.4, 0.5) is 5.69 Å². The molecule has 1 aliphatic rings. The van der Waals surface area contributed by atoms with E-state index in [4.69, 9.17) is 0 Å². The van der Waals surface area contributed by atoms with E-state index in [1.807, 2.05) is 13.1 Å². The molecule has 1 aromatic heterocycles. The van der Waals surface area contributed by atoms with Crippen molar-refractivity contribution in [3.05, 3.63) is 47.8 Å². The van der Waals surface area contributed by atoms with Crippen LogP contribution in [-0.2, 0) is 6.42 Å². The number of aromatic nitrogens is 1. The fourth-order valence-electron chi connectivity index (χ4n) is 2.33. The molecule has 0 aliphatic carbocycles. The first kappa shape index (κ1) is 9.40. The second-order valence-corrected chi connectivity index (χ2v) is 4.19. The van der Waals surface area contributed by atoms with Crippen molar-refractivity contribution in [1.82, 2.24) is 4.98 Å². The summed E-state index contributed by atoms with van der Waals surface area (Å²) in [6, 6.07) is 10.7. The number of nitrogens with one attached hydrogen (secondary N) is 1. The van der Waals surface area contributed by atoms with Crippen LogP contribution in [0.25, 0.3) is 11.1 Å². The number of rotatable bonds is 1. The average Bonchev–Trinajstić information content (AvgIpc) is 2.76. The minimum absolute atomic E-state index is 1.05. The highest BCUT2D eigenvalue weighted by Crippen LogP contribution is 2.32. The molecular formula is C14H14N2. The van der Waals surface area contributed by atoms with E-state index in [1.165, 1.54) is 22.4 Å². The Bertz CT molecular complexity index is 532. The monoisotopic (exact) mass is 210 g/mol. The van der Waals surface area contributed by atoms with E-state index in [9.17, 15) is 0 Å². The van der Waals surface area contributed by atoms with Gasteiger partial charge in [-0.3, -0.25) is 4.98 Å². The molecule has 0 saturated heterocycles. The van der Waals surface area contributed by atoms with Gasteiger partial charge in [-0.05, 0) is 48.2 Å². The van der Waals surface area contributed by atoms with Gasteiger partial charge >= 0.3 is 0 Å². The molecule has 0 amide bonds. The molecule has 1 N–H and O–H groups in total. The second kappa shape index (κ2) is 3.63. The summed E-state index contributed by atoms with van der Waals surface area (Å²) < 4.78 is 0. The van der Waals surface area contributed by atoms with E-state index in [2.05, 4.69) is 40.6 Å². The highest BCUT2D eigenvalue weighted by atomic mass is 14.9. The van der Waals surface area contributed by atoms with Crippen molar-refractivity contribution in [3.63, 3.8) is 0 Å². The lowest BCUT2D eigenvalue weighted by molar-refractivity contribution is 1.11. The fourth-order valence-corrected chi connectivity index (χ4v) is 2.33. The molecule has 80 valence electrons. The van der Waals surface area contributed by atoms with Crippen LogP contribution in [0.3, 0.4) is 0 Å². The van der Waals surface area contributed by atoms with Crippen molar-refractivity contribution in [2.75, 3.05) is 11.9 Å². The number of nitrogens with zero attached hydrogens (tertiary/aromatic N) is 1. The van der Waals surface area contributed by atoms with Crippen molar-refractivity contribution < 1.29 is 0 Å². The van der Waals surface area contributed by atoms with Crippen molar-refractivity contribution >= 4 is 5.69 Å². The highest BCUT2D eigenvalue weighted by molar-refractivity contribution is 5.75. The van der Waals surface area contributed by atoms with Gasteiger partial charge < -0.3 is 5.32 Å². The lowest BCUT2D eigenvalue weighted by Gasteiger charge is -2.08. The molecule has 0 atom stereocenters. The van der Waals surface area contributed by atoms with Crippen LogP contribution in [0.15, 0.2) is 36.5 Å². The molecule has 1 aromatic carbocycles. The van der Waals surface area contributed by atoms with E-state index in [-0.39, 0.29) is 0 Å². The second-order valence-electron chi connectivity index (χ2n) is 4.19. The summed E-state index contributed by atoms with van der Waals surface area (Å²) in [7, 11) is 0. The normalized spacial score (nSPS) is 13.3. The Hall–Kier alpha value is -1.83. The topological polar surface area (TPSA) is 24.9 Å². The van der Waals surface area contributed by atoms with Gasteiger partial charge in [0, 0.05) is 24.1 Å². The van der Waals surface area contributed by atoms with Crippen LogP contribution < -0.4 is 5.32 Å². The lowest BCUT2D eigenvalue weighted by atomic mass is 9.98. The predicted octanol–water partition coefficient (Wildman–Crippen LogP) is 3.03. The number of hydrogen-bond acceptors (Lipinski definition) is 2. The van der Waals surface area contributed by atoms with E-state index in [1.54, 1.807) is 0 Å². The molecule has 2 heterocycles. The minimum atomic E-state index is 1.05. The van der Waals surface area contributed by atoms with Gasteiger partial charge in [-0.1, -0.05) is 12.1 Å². The summed E-state index contributed by atoms with van der Waals surface area (Å²) in [4.78, 5) is 4.24. The Morgan fingerprint density at radius 3 is 3.06 bits per heavy atom. The number of hydrogen-bond donors (Lipinski definition) is 1. The van der Waals surface area contributed by atoms with Gasteiger partial charge in [0.15, 0.2) is 0 Å². The van der Waals surface area contributed by atoms with Gasteiger partial charge in [-0.25, -0.2) is 0 Å². The molecule has 0 radical (unpaired) electrons. The molecule has 2 nitrogen and oxygen atoms in total. The van der Waals surface area contributed by atoms with Crippen LogP contribution in [0, 0.1) is 6.92 Å². The molecule has 2 aromatic rings. The number of anilines is 1. The summed E-state index contributed by atoms with van der Waals surface area (Å²) in [5.41, 5.74) is 6.40. The Morgan fingerprint density at radius 1 is 1.25 bits per heavy atom. The van der Waals surface area contributed by atoms with Gasteiger partial charge in [0.25, 0.3) is 0 Å². The van der Waals surface area contributed by atoms with Gasteiger partial charge in [0.05, 0.1) is 0 Å². The molecule has 2 heteroatoms. The Balaban J connectivity index is 2.17. The molecule has 0 spiro atoms. The molecule has 0 saturated carbocycles. The van der Waals surface area contributed by atoms with Crippen LogP contribution in [-0.4, -0.2) is 11.5 Å². The summed E-state index contributed by atoms with van der Waals surface area (Å²) >= 11 is 0. The maximum atomic E-state index is 4.24. The predicted molar refractivity (Wildman–Crippen MR) is 66.6 cm³/mol. The van der Waals surface area contributed by atoms with Gasteiger partial charge in [0.2, 0.25) is 0 Å². The maximum absolute atomic E-state index is 4.24. The van der Waals surface area contributed by atoms with Gasteiger partial charge in [0.1, 0.15) is 0 Å². The molecule has 3 rings (SSSR count). The van der Waals surface area contributed by atoms with Crippen LogP contribution in [0.1, 0.15) is 11.3 Å². The molecule has 0 unspecified atom stereocenters. The third-order valence-electron chi connectivity index (χ3n) is 3.07. The molecule has 0 fully saturated rings. The third kappa shape index (κ3) is 1.47. The summed E-state index contributed by atoms with van der Waals surface area (Å²) in [6.07, 6.45) is 3.00. The number of fused-ring (bicyclic) bond motifs is 1. The third-order valence-corrected chi connectivity index (χ3v) is 3.07. The Kier molecular flexibility index (Phi) is 2.13. The average molecular weight is 210 g/mol. The standard InChI is InChI=1S/C14H14N2/c1-10-9-11(5-7-15-10)12-3-2-4-14-13(12)6-8-16-14/h2-5,7,9,16H,6,8H2,1H3. The first-order valence-electron chi connectivity index (χ1n) is 5.63. The van der Waals surface area contributed by atoms with E-state index in [0.717, 1.165) is 18.7 Å². The zero-order valence-electron chi connectivity index (χ0n) is 9.33. The summed E-state index contributed by atoms with van der Waals surface area (Å²) in [5, 5.41) is 3.41. The van der Waals surface area contributed by atoms with E-state index < -0.39 is 0 Å². The van der Waals surface area contributed by atoms with Crippen LogP contribution in [0.2, 0.25) is 0 Å². The maximum Gasteiger partial charge on any atom is 0.0379 e. The highest BCUT2D eigenvalue weighted by Gasteiger charge is 2.14. The van der Waals surface area contributed by atoms with Crippen molar-refractivity contribution in [3.8, 4) is 11.1 Å². The van der Waals surface area contributed by atoms with E-state index >= 15 is 0 Å². The van der Waals surface area contributed by atoms with Gasteiger partial charge in [-0.15, -0.1) is 0 Å². The van der Waals surface area contributed by atoms with Crippen molar-refractivity contribution in [2.45, 2.75) is 13.3 Å². The lowest BCUT2D eigenvalue weighted by Crippen LogP contribution is -1.90. The largest absolute Gasteiger partial charge is 0.384 e. The quantitative estimate of drug-likeness (QED) is 0.782. The van der Waals surface area contributed by atoms with Gasteiger partial charge in [-0.2, -0.15) is 0 Å².